The number of nitro benzene ring substituents is 1. The van der Waals surface area contributed by atoms with E-state index >= 15 is 0 Å². The molecule has 36 heavy (non-hydrogen) atoms. The molecule has 1 fully saturated rings. The third-order valence-corrected chi connectivity index (χ3v) is 5.97. The van der Waals surface area contributed by atoms with Crippen LogP contribution in [0.4, 0.5) is 14.9 Å². The molecule has 10 heteroatoms. The Morgan fingerprint density at radius 1 is 1.11 bits per heavy atom. The molecule has 0 radical (unpaired) electrons. The smallest absolute Gasteiger partial charge is 0.415 e. The lowest BCUT2D eigenvalue weighted by atomic mass is 9.81. The monoisotopic (exact) mass is 498 g/mol. The van der Waals surface area contributed by atoms with Crippen LogP contribution in [0.5, 0.6) is 23.0 Å². The van der Waals surface area contributed by atoms with Gasteiger partial charge in [-0.25, -0.2) is 9.18 Å². The zero-order valence-corrected chi connectivity index (χ0v) is 18.8. The molecule has 0 aliphatic carbocycles. The summed E-state index contributed by atoms with van der Waals surface area (Å²) < 4.78 is 67.8. The number of non-ortho nitro benzene ring substituents is 1. The van der Waals surface area contributed by atoms with Crippen LogP contribution in [-0.4, -0.2) is 42.3 Å². The highest BCUT2D eigenvalue weighted by Gasteiger charge is 2.34. The Morgan fingerprint density at radius 3 is 2.58 bits per heavy atom. The quantitative estimate of drug-likeness (QED) is 0.342. The second-order valence-corrected chi connectivity index (χ2v) is 8.23. The largest absolute Gasteiger partial charge is 0.493 e. The third kappa shape index (κ3) is 5.17. The summed E-state index contributed by atoms with van der Waals surface area (Å²) in [4.78, 5) is 24.6. The van der Waals surface area contributed by atoms with Gasteiger partial charge in [-0.1, -0.05) is 12.1 Å². The van der Waals surface area contributed by atoms with Crippen molar-refractivity contribution in [2.24, 2.45) is 5.92 Å². The normalized spacial score (nSPS) is 22.0. The van der Waals surface area contributed by atoms with Crippen molar-refractivity contribution in [3.05, 3.63) is 88.2 Å². The Balaban J connectivity index is 1.37. The molecule has 2 aliphatic rings. The van der Waals surface area contributed by atoms with Gasteiger partial charge in [0.25, 0.3) is 5.69 Å². The predicted molar refractivity (Wildman–Crippen MR) is 126 cm³/mol. The number of fused-ring (bicyclic) bond motifs is 1. The minimum atomic E-state index is -2.36. The zero-order chi connectivity index (χ0) is 28.7. The van der Waals surface area contributed by atoms with E-state index in [1.165, 1.54) is 59.5 Å². The molecule has 0 unspecified atom stereocenters. The summed E-state index contributed by atoms with van der Waals surface area (Å²) in [6, 6.07) is 14.8. The highest BCUT2D eigenvalue weighted by Crippen LogP contribution is 2.37. The van der Waals surface area contributed by atoms with Crippen LogP contribution in [-0.2, 0) is 0 Å². The number of carbonyl (C=O) groups is 1. The number of piperidine rings is 1. The van der Waals surface area contributed by atoms with Crippen molar-refractivity contribution in [3.63, 3.8) is 0 Å². The molecule has 0 N–H and O–H groups in total. The number of halogens is 1. The van der Waals surface area contributed by atoms with E-state index < -0.39 is 42.0 Å². The fraction of sp³-hybridized carbons (Fsp3) is 0.269. The van der Waals surface area contributed by atoms with E-state index in [1.54, 1.807) is 12.1 Å². The van der Waals surface area contributed by atoms with E-state index in [2.05, 4.69) is 0 Å². The van der Waals surface area contributed by atoms with E-state index in [4.69, 9.17) is 24.4 Å². The van der Waals surface area contributed by atoms with Gasteiger partial charge in [-0.05, 0) is 54.3 Å². The number of nitrogens with zero attached hydrogens (tertiary/aromatic N) is 2. The van der Waals surface area contributed by atoms with Gasteiger partial charge in [0.1, 0.15) is 20.1 Å². The molecule has 1 saturated heterocycles. The van der Waals surface area contributed by atoms with Gasteiger partial charge in [0.2, 0.25) is 6.75 Å². The second-order valence-electron chi connectivity index (χ2n) is 8.23. The Morgan fingerprint density at radius 2 is 1.83 bits per heavy atom. The molecule has 3 aromatic carbocycles. The second kappa shape index (κ2) is 10.1. The Hall–Kier alpha value is -4.34. The maximum absolute atomic E-state index is 13.6. The molecule has 2 aliphatic heterocycles. The SMILES string of the molecule is [2H]C1([2H])Oc2ccc(OC([2H])([2H])[C@@H]3CN(C(=O)Oc4ccc([N+](=O)[O-])cc4)CC[C@H]3c3ccc(F)cc3)cc2O1. The highest BCUT2D eigenvalue weighted by molar-refractivity contribution is 5.71. The van der Waals surface area contributed by atoms with Crippen molar-refractivity contribution >= 4 is 11.8 Å². The lowest BCUT2D eigenvalue weighted by Crippen LogP contribution is -2.46. The van der Waals surface area contributed by atoms with Crippen LogP contribution in [0.3, 0.4) is 0 Å². The minimum absolute atomic E-state index is 0.0466. The van der Waals surface area contributed by atoms with Crippen LogP contribution in [0.1, 0.15) is 23.4 Å². The molecule has 1 amide bonds. The average Bonchev–Trinajstić information content (AvgIpc) is 3.22. The number of likely N-dealkylation sites (tertiary alicyclic amines) is 1. The van der Waals surface area contributed by atoms with Gasteiger partial charge >= 0.3 is 6.09 Å². The Kier molecular flexibility index (Phi) is 5.31. The summed E-state index contributed by atoms with van der Waals surface area (Å²) in [5.74, 6) is -1.51. The molecule has 0 bridgehead atoms. The van der Waals surface area contributed by atoms with Crippen LogP contribution in [0.25, 0.3) is 0 Å². The molecule has 186 valence electrons. The van der Waals surface area contributed by atoms with Gasteiger partial charge in [0.05, 0.1) is 14.2 Å². The number of ether oxygens (including phenoxy) is 4. The molecular weight excluding hydrogens is 471 g/mol. The molecule has 0 spiro atoms. The van der Waals surface area contributed by atoms with Crippen LogP contribution < -0.4 is 18.9 Å². The summed E-state index contributed by atoms with van der Waals surface area (Å²) >= 11 is 0. The lowest BCUT2D eigenvalue weighted by molar-refractivity contribution is -0.384. The number of carbonyl (C=O) groups excluding carboxylic acids is 1. The average molecular weight is 498 g/mol. The molecule has 3 aromatic rings. The third-order valence-electron chi connectivity index (χ3n) is 5.97. The fourth-order valence-corrected chi connectivity index (χ4v) is 4.12. The van der Waals surface area contributed by atoms with E-state index in [-0.39, 0.29) is 41.8 Å². The zero-order valence-electron chi connectivity index (χ0n) is 22.8. The van der Waals surface area contributed by atoms with E-state index in [1.807, 2.05) is 0 Å². The van der Waals surface area contributed by atoms with Gasteiger partial charge < -0.3 is 23.8 Å². The predicted octanol–water partition coefficient (Wildman–Crippen LogP) is 5.15. The highest BCUT2D eigenvalue weighted by atomic mass is 19.1. The molecule has 0 saturated carbocycles. The van der Waals surface area contributed by atoms with E-state index in [0.29, 0.717) is 12.0 Å². The first-order valence-corrected chi connectivity index (χ1v) is 11.1. The number of benzene rings is 3. The van der Waals surface area contributed by atoms with Gasteiger partial charge in [0, 0.05) is 37.2 Å². The van der Waals surface area contributed by atoms with E-state index in [0.717, 1.165) is 0 Å². The summed E-state index contributed by atoms with van der Waals surface area (Å²) in [5.41, 5.74) is 0.506. The molecule has 0 aromatic heterocycles. The first-order chi connectivity index (χ1) is 18.9. The van der Waals surface area contributed by atoms with Crippen molar-refractivity contribution in [1.29, 1.82) is 0 Å². The topological polar surface area (TPSA) is 100 Å². The summed E-state index contributed by atoms with van der Waals surface area (Å²) in [6.45, 7) is -4.63. The fourth-order valence-electron chi connectivity index (χ4n) is 4.12. The van der Waals surface area contributed by atoms with Crippen LogP contribution >= 0.6 is 0 Å². The van der Waals surface area contributed by atoms with Gasteiger partial charge in [0.15, 0.2) is 11.5 Å². The molecule has 2 heterocycles. The molecule has 2 atom stereocenters. The minimum Gasteiger partial charge on any atom is -0.493 e. The number of amides is 1. The molecular formula is C26H23FN2O7. The number of rotatable bonds is 6. The number of hydrogen-bond acceptors (Lipinski definition) is 7. The van der Waals surface area contributed by atoms with Crippen molar-refractivity contribution in [2.45, 2.75) is 12.3 Å². The van der Waals surface area contributed by atoms with E-state index in [9.17, 15) is 19.3 Å². The number of hydrogen-bond donors (Lipinski definition) is 0. The van der Waals surface area contributed by atoms with Gasteiger partial charge in [-0.15, -0.1) is 0 Å². The van der Waals surface area contributed by atoms with Crippen molar-refractivity contribution in [1.82, 2.24) is 4.90 Å². The van der Waals surface area contributed by atoms with Crippen molar-refractivity contribution in [3.8, 4) is 23.0 Å². The van der Waals surface area contributed by atoms with Crippen molar-refractivity contribution < 1.29 is 38.5 Å². The summed E-state index contributed by atoms with van der Waals surface area (Å²) in [6.07, 6.45) is -0.451. The number of nitro groups is 1. The summed E-state index contributed by atoms with van der Waals surface area (Å²) in [7, 11) is 0. The Labute approximate surface area is 211 Å². The maximum Gasteiger partial charge on any atom is 0.415 e. The standard InChI is InChI=1S/C26H23FN2O7/c27-19-3-1-17(2-4-19)23-11-12-28(26(30)36-21-7-5-20(6-8-21)29(31)32)14-18(23)15-33-22-9-10-24-25(13-22)35-16-34-24/h1-10,13,18,23H,11-12,14-16H2/t18-,23-/m0/s1/i15D2,16D2. The van der Waals surface area contributed by atoms with Gasteiger partial charge in [-0.2, -0.15) is 0 Å². The lowest BCUT2D eigenvalue weighted by Gasteiger charge is -2.38. The van der Waals surface area contributed by atoms with Crippen LogP contribution in [0, 0.1) is 21.8 Å². The van der Waals surface area contributed by atoms with Crippen molar-refractivity contribution in [2.75, 3.05) is 26.4 Å². The molecule has 9 nitrogen and oxygen atoms in total. The van der Waals surface area contributed by atoms with Crippen LogP contribution in [0.2, 0.25) is 0 Å². The summed E-state index contributed by atoms with van der Waals surface area (Å²) in [5, 5.41) is 10.9. The van der Waals surface area contributed by atoms with Crippen LogP contribution in [0.15, 0.2) is 66.7 Å². The molecule has 5 rings (SSSR count). The Bertz CT molecular complexity index is 1420. The first-order valence-electron chi connectivity index (χ1n) is 13.1. The maximum atomic E-state index is 13.6. The van der Waals surface area contributed by atoms with Gasteiger partial charge in [-0.3, -0.25) is 10.1 Å². The first kappa shape index (κ1) is 18.9.